The standard InChI is InChI=1S/C13H24N2/c1-11-10-13(14)7-9-15(11)8-6-12-4-2-3-5-12/h4,11,13H,2-3,5-10,14H2,1H3. The summed E-state index contributed by atoms with van der Waals surface area (Å²) in [6.45, 7) is 4.78. The van der Waals surface area contributed by atoms with Crippen LogP contribution in [0.3, 0.4) is 0 Å². The van der Waals surface area contributed by atoms with Crippen molar-refractivity contribution in [3.63, 3.8) is 0 Å². The molecule has 1 saturated heterocycles. The molecule has 1 aliphatic carbocycles. The fourth-order valence-corrected chi connectivity index (χ4v) is 2.84. The number of nitrogens with two attached hydrogens (primary N) is 1. The zero-order valence-corrected chi connectivity index (χ0v) is 9.91. The van der Waals surface area contributed by atoms with Gasteiger partial charge in [-0.1, -0.05) is 11.6 Å². The molecule has 0 aromatic rings. The van der Waals surface area contributed by atoms with E-state index in [1.807, 2.05) is 0 Å². The summed E-state index contributed by atoms with van der Waals surface area (Å²) in [4.78, 5) is 2.61. The Balaban J connectivity index is 1.74. The third-order valence-electron chi connectivity index (χ3n) is 3.91. The predicted octanol–water partition coefficient (Wildman–Crippen LogP) is 2.30. The second kappa shape index (κ2) is 5.13. The Kier molecular flexibility index (Phi) is 3.81. The number of nitrogens with zero attached hydrogens (tertiary/aromatic N) is 1. The second-order valence-electron chi connectivity index (χ2n) is 5.17. The molecule has 0 radical (unpaired) electrons. The fraction of sp³-hybridized carbons (Fsp3) is 0.846. The summed E-state index contributed by atoms with van der Waals surface area (Å²) in [5, 5.41) is 0. The number of piperidine rings is 1. The maximum absolute atomic E-state index is 5.97. The molecule has 2 nitrogen and oxygen atoms in total. The molecular weight excluding hydrogens is 184 g/mol. The van der Waals surface area contributed by atoms with E-state index in [9.17, 15) is 0 Å². The van der Waals surface area contributed by atoms with Crippen molar-refractivity contribution in [2.45, 2.75) is 57.5 Å². The van der Waals surface area contributed by atoms with E-state index in [0.717, 1.165) is 0 Å². The van der Waals surface area contributed by atoms with E-state index >= 15 is 0 Å². The first-order chi connectivity index (χ1) is 7.25. The van der Waals surface area contributed by atoms with Crippen LogP contribution in [0.15, 0.2) is 11.6 Å². The van der Waals surface area contributed by atoms with Gasteiger partial charge in [0.2, 0.25) is 0 Å². The van der Waals surface area contributed by atoms with Gasteiger partial charge in [-0.3, -0.25) is 0 Å². The molecule has 2 aliphatic rings. The minimum Gasteiger partial charge on any atom is -0.328 e. The molecule has 2 rings (SSSR count). The Bertz CT molecular complexity index is 235. The van der Waals surface area contributed by atoms with Gasteiger partial charge in [-0.15, -0.1) is 0 Å². The number of allylic oxidation sites excluding steroid dienone is 1. The number of hydrogen-bond donors (Lipinski definition) is 1. The third kappa shape index (κ3) is 3.05. The Morgan fingerprint density at radius 2 is 2.40 bits per heavy atom. The Labute approximate surface area is 93.5 Å². The first-order valence-electron chi connectivity index (χ1n) is 6.43. The van der Waals surface area contributed by atoms with Crippen LogP contribution >= 0.6 is 0 Å². The summed E-state index contributed by atoms with van der Waals surface area (Å²) < 4.78 is 0. The monoisotopic (exact) mass is 208 g/mol. The van der Waals surface area contributed by atoms with Crippen molar-refractivity contribution in [1.82, 2.24) is 4.90 Å². The molecule has 0 saturated carbocycles. The quantitative estimate of drug-likeness (QED) is 0.721. The lowest BCUT2D eigenvalue weighted by Gasteiger charge is -2.36. The van der Waals surface area contributed by atoms with Crippen LogP contribution in [-0.2, 0) is 0 Å². The zero-order chi connectivity index (χ0) is 10.7. The summed E-state index contributed by atoms with van der Waals surface area (Å²) in [5.41, 5.74) is 7.66. The molecule has 1 fully saturated rings. The topological polar surface area (TPSA) is 29.3 Å². The summed E-state index contributed by atoms with van der Waals surface area (Å²) in [5.74, 6) is 0. The minimum absolute atomic E-state index is 0.446. The van der Waals surface area contributed by atoms with Crippen molar-refractivity contribution in [3.8, 4) is 0 Å². The summed E-state index contributed by atoms with van der Waals surface area (Å²) in [6, 6.07) is 1.14. The highest BCUT2D eigenvalue weighted by Crippen LogP contribution is 2.23. The molecule has 2 N–H and O–H groups in total. The van der Waals surface area contributed by atoms with E-state index in [4.69, 9.17) is 5.73 Å². The Morgan fingerprint density at radius 1 is 1.53 bits per heavy atom. The number of hydrogen-bond acceptors (Lipinski definition) is 2. The van der Waals surface area contributed by atoms with E-state index in [2.05, 4.69) is 17.9 Å². The van der Waals surface area contributed by atoms with Gasteiger partial charge in [0.05, 0.1) is 0 Å². The van der Waals surface area contributed by atoms with Crippen molar-refractivity contribution in [2.24, 2.45) is 5.73 Å². The van der Waals surface area contributed by atoms with Crippen LogP contribution in [0.2, 0.25) is 0 Å². The van der Waals surface area contributed by atoms with Gasteiger partial charge in [-0.25, -0.2) is 0 Å². The number of rotatable bonds is 3. The minimum atomic E-state index is 0.446. The fourth-order valence-electron chi connectivity index (χ4n) is 2.84. The molecule has 2 heteroatoms. The van der Waals surface area contributed by atoms with Crippen molar-refractivity contribution in [1.29, 1.82) is 0 Å². The van der Waals surface area contributed by atoms with Gasteiger partial charge >= 0.3 is 0 Å². The molecule has 1 aliphatic heterocycles. The predicted molar refractivity (Wildman–Crippen MR) is 64.8 cm³/mol. The molecule has 2 unspecified atom stereocenters. The van der Waals surface area contributed by atoms with E-state index in [1.54, 1.807) is 5.57 Å². The first-order valence-corrected chi connectivity index (χ1v) is 6.43. The lowest BCUT2D eigenvalue weighted by molar-refractivity contribution is 0.149. The van der Waals surface area contributed by atoms with Crippen LogP contribution in [-0.4, -0.2) is 30.1 Å². The van der Waals surface area contributed by atoms with Crippen molar-refractivity contribution >= 4 is 0 Å². The molecule has 0 amide bonds. The zero-order valence-electron chi connectivity index (χ0n) is 9.91. The molecule has 0 aromatic carbocycles. The SMILES string of the molecule is CC1CC(N)CCN1CCC1=CCCC1. The van der Waals surface area contributed by atoms with E-state index in [1.165, 1.54) is 51.6 Å². The summed E-state index contributed by atoms with van der Waals surface area (Å²) in [7, 11) is 0. The van der Waals surface area contributed by atoms with Crippen LogP contribution in [0.25, 0.3) is 0 Å². The van der Waals surface area contributed by atoms with E-state index < -0.39 is 0 Å². The normalized spacial score (nSPS) is 33.1. The van der Waals surface area contributed by atoms with E-state index in [0.29, 0.717) is 12.1 Å². The maximum atomic E-state index is 5.97. The largest absolute Gasteiger partial charge is 0.328 e. The van der Waals surface area contributed by atoms with Crippen LogP contribution in [0.5, 0.6) is 0 Å². The van der Waals surface area contributed by atoms with Crippen LogP contribution in [0.4, 0.5) is 0 Å². The van der Waals surface area contributed by atoms with Crippen molar-refractivity contribution in [2.75, 3.05) is 13.1 Å². The Hall–Kier alpha value is -0.340. The van der Waals surface area contributed by atoms with Gasteiger partial charge in [0.25, 0.3) is 0 Å². The van der Waals surface area contributed by atoms with Gasteiger partial charge in [0.15, 0.2) is 0 Å². The van der Waals surface area contributed by atoms with Crippen LogP contribution in [0.1, 0.15) is 45.4 Å². The Morgan fingerprint density at radius 3 is 3.07 bits per heavy atom. The smallest absolute Gasteiger partial charge is 0.00818 e. The van der Waals surface area contributed by atoms with Gasteiger partial charge < -0.3 is 10.6 Å². The van der Waals surface area contributed by atoms with Gasteiger partial charge in [0, 0.05) is 18.6 Å². The second-order valence-corrected chi connectivity index (χ2v) is 5.17. The lowest BCUT2D eigenvalue weighted by Crippen LogP contribution is -2.45. The van der Waals surface area contributed by atoms with Crippen LogP contribution < -0.4 is 5.73 Å². The molecule has 0 aromatic heterocycles. The summed E-state index contributed by atoms with van der Waals surface area (Å²) in [6.07, 6.45) is 10.1. The van der Waals surface area contributed by atoms with Crippen LogP contribution in [0, 0.1) is 0 Å². The molecule has 0 bridgehead atoms. The first kappa shape index (κ1) is 11.2. The molecule has 86 valence electrons. The molecular formula is C13H24N2. The maximum Gasteiger partial charge on any atom is 0.00818 e. The molecule has 1 heterocycles. The molecule has 0 spiro atoms. The third-order valence-corrected chi connectivity index (χ3v) is 3.91. The van der Waals surface area contributed by atoms with Crippen molar-refractivity contribution in [3.05, 3.63) is 11.6 Å². The molecule has 15 heavy (non-hydrogen) atoms. The van der Waals surface area contributed by atoms with Gasteiger partial charge in [-0.2, -0.15) is 0 Å². The highest BCUT2D eigenvalue weighted by molar-refractivity contribution is 5.07. The molecule has 2 atom stereocenters. The number of likely N-dealkylation sites (tertiary alicyclic amines) is 1. The average molecular weight is 208 g/mol. The lowest BCUT2D eigenvalue weighted by atomic mass is 9.98. The van der Waals surface area contributed by atoms with E-state index in [-0.39, 0.29) is 0 Å². The average Bonchev–Trinajstić information content (AvgIpc) is 2.69. The van der Waals surface area contributed by atoms with Gasteiger partial charge in [0.1, 0.15) is 0 Å². The summed E-state index contributed by atoms with van der Waals surface area (Å²) >= 11 is 0. The highest BCUT2D eigenvalue weighted by Gasteiger charge is 2.22. The highest BCUT2D eigenvalue weighted by atomic mass is 15.2. The van der Waals surface area contributed by atoms with Gasteiger partial charge in [-0.05, 0) is 52.0 Å². The van der Waals surface area contributed by atoms with Crippen molar-refractivity contribution < 1.29 is 0 Å².